The highest BCUT2D eigenvalue weighted by Gasteiger charge is 2.12. The monoisotopic (exact) mass is 284 g/mol. The molecule has 1 unspecified atom stereocenters. The molecule has 2 aromatic carbocycles. The highest BCUT2D eigenvalue weighted by molar-refractivity contribution is 6.30. The summed E-state index contributed by atoms with van der Waals surface area (Å²) in [6, 6.07) is 15.7. The Balaban J connectivity index is 2.23. The zero-order chi connectivity index (χ0) is 14.6. The van der Waals surface area contributed by atoms with Crippen molar-refractivity contribution in [1.82, 2.24) is 0 Å². The molecule has 20 heavy (non-hydrogen) atoms. The summed E-state index contributed by atoms with van der Waals surface area (Å²) in [5, 5.41) is 10.6. The van der Waals surface area contributed by atoms with Crippen LogP contribution in [0.1, 0.15) is 25.8 Å². The second kappa shape index (κ2) is 6.13. The molecule has 0 spiro atoms. The van der Waals surface area contributed by atoms with Crippen molar-refractivity contribution in [2.24, 2.45) is 0 Å². The molecule has 1 N–H and O–H groups in total. The maximum Gasteiger partial charge on any atom is 0.122 e. The predicted molar refractivity (Wildman–Crippen MR) is 84.7 cm³/mol. The summed E-state index contributed by atoms with van der Waals surface area (Å²) in [5.74, 6) is 5.88. The largest absolute Gasteiger partial charge is 0.378 e. The van der Waals surface area contributed by atoms with Gasteiger partial charge in [-0.15, -0.1) is 0 Å². The van der Waals surface area contributed by atoms with Gasteiger partial charge < -0.3 is 5.11 Å². The standard InChI is InChI=1S/C18H17ClO/c1-3-18(2,20)12-11-14-7-9-15(10-8-14)16-5-4-6-17(19)13-16/h4-10,13,20H,3H2,1-2H3. The average molecular weight is 285 g/mol. The second-order valence-corrected chi connectivity index (χ2v) is 5.40. The van der Waals surface area contributed by atoms with Crippen molar-refractivity contribution in [3.63, 3.8) is 0 Å². The predicted octanol–water partition coefficient (Wildman–Crippen LogP) is 4.52. The molecule has 1 atom stereocenters. The minimum Gasteiger partial charge on any atom is -0.378 e. The maximum absolute atomic E-state index is 9.86. The number of hydrogen-bond donors (Lipinski definition) is 1. The van der Waals surface area contributed by atoms with Gasteiger partial charge in [-0.1, -0.05) is 54.6 Å². The van der Waals surface area contributed by atoms with Crippen LogP contribution in [0.3, 0.4) is 0 Å². The van der Waals surface area contributed by atoms with E-state index in [2.05, 4.69) is 11.8 Å². The molecule has 2 aromatic rings. The lowest BCUT2D eigenvalue weighted by Gasteiger charge is -2.11. The van der Waals surface area contributed by atoms with Crippen molar-refractivity contribution < 1.29 is 5.11 Å². The van der Waals surface area contributed by atoms with Crippen LogP contribution in [-0.2, 0) is 0 Å². The lowest BCUT2D eigenvalue weighted by molar-refractivity contribution is 0.118. The molecule has 0 fully saturated rings. The Labute approximate surface area is 125 Å². The summed E-state index contributed by atoms with van der Waals surface area (Å²) in [5.41, 5.74) is 2.15. The van der Waals surface area contributed by atoms with Gasteiger partial charge in [-0.25, -0.2) is 0 Å². The number of rotatable bonds is 2. The van der Waals surface area contributed by atoms with Gasteiger partial charge in [0, 0.05) is 10.6 Å². The van der Waals surface area contributed by atoms with Gasteiger partial charge >= 0.3 is 0 Å². The van der Waals surface area contributed by atoms with Crippen LogP contribution in [0.2, 0.25) is 5.02 Å². The summed E-state index contributed by atoms with van der Waals surface area (Å²) >= 11 is 5.99. The number of benzene rings is 2. The Kier molecular flexibility index (Phi) is 4.49. The highest BCUT2D eigenvalue weighted by atomic mass is 35.5. The summed E-state index contributed by atoms with van der Waals surface area (Å²) in [6.45, 7) is 3.64. The zero-order valence-corrected chi connectivity index (χ0v) is 12.4. The third kappa shape index (κ3) is 3.87. The molecule has 102 valence electrons. The maximum atomic E-state index is 9.86. The Morgan fingerprint density at radius 3 is 2.40 bits per heavy atom. The van der Waals surface area contributed by atoms with Gasteiger partial charge in [-0.2, -0.15) is 0 Å². The fraction of sp³-hybridized carbons (Fsp3) is 0.222. The zero-order valence-electron chi connectivity index (χ0n) is 11.7. The molecule has 0 aliphatic carbocycles. The van der Waals surface area contributed by atoms with E-state index in [-0.39, 0.29) is 0 Å². The summed E-state index contributed by atoms with van der Waals surface area (Å²) in [7, 11) is 0. The van der Waals surface area contributed by atoms with Gasteiger partial charge in [0.25, 0.3) is 0 Å². The minimum atomic E-state index is -0.925. The molecule has 2 heteroatoms. The fourth-order valence-electron chi connectivity index (χ4n) is 1.71. The van der Waals surface area contributed by atoms with E-state index in [0.717, 1.165) is 21.7 Å². The van der Waals surface area contributed by atoms with E-state index >= 15 is 0 Å². The van der Waals surface area contributed by atoms with Gasteiger partial charge in [-0.05, 0) is 48.7 Å². The van der Waals surface area contributed by atoms with E-state index in [1.54, 1.807) is 6.92 Å². The lowest BCUT2D eigenvalue weighted by atomic mass is 10.0. The van der Waals surface area contributed by atoms with Crippen molar-refractivity contribution in [1.29, 1.82) is 0 Å². The Morgan fingerprint density at radius 2 is 1.80 bits per heavy atom. The first-order valence-corrected chi connectivity index (χ1v) is 6.99. The summed E-state index contributed by atoms with van der Waals surface area (Å²) in [6.07, 6.45) is 0.612. The van der Waals surface area contributed by atoms with Crippen molar-refractivity contribution in [3.05, 3.63) is 59.1 Å². The molecular formula is C18H17ClO. The van der Waals surface area contributed by atoms with Crippen LogP contribution in [0.15, 0.2) is 48.5 Å². The van der Waals surface area contributed by atoms with Crippen LogP contribution < -0.4 is 0 Å². The van der Waals surface area contributed by atoms with Gasteiger partial charge in [0.2, 0.25) is 0 Å². The number of hydrogen-bond acceptors (Lipinski definition) is 1. The molecule has 0 aliphatic heterocycles. The second-order valence-electron chi connectivity index (χ2n) is 4.97. The summed E-state index contributed by atoms with van der Waals surface area (Å²) in [4.78, 5) is 0. The van der Waals surface area contributed by atoms with Crippen molar-refractivity contribution in [3.8, 4) is 23.0 Å². The fourth-order valence-corrected chi connectivity index (χ4v) is 1.90. The lowest BCUT2D eigenvalue weighted by Crippen LogP contribution is -2.19. The van der Waals surface area contributed by atoms with Gasteiger partial charge in [0.1, 0.15) is 5.60 Å². The van der Waals surface area contributed by atoms with E-state index in [9.17, 15) is 5.11 Å². The van der Waals surface area contributed by atoms with Crippen LogP contribution in [0.5, 0.6) is 0 Å². The van der Waals surface area contributed by atoms with Crippen LogP contribution in [-0.4, -0.2) is 10.7 Å². The minimum absolute atomic E-state index is 0.612. The van der Waals surface area contributed by atoms with E-state index in [4.69, 9.17) is 11.6 Å². The Bertz CT molecular complexity index is 645. The van der Waals surface area contributed by atoms with Crippen LogP contribution in [0.25, 0.3) is 11.1 Å². The third-order valence-corrected chi connectivity index (χ3v) is 3.44. The van der Waals surface area contributed by atoms with Gasteiger partial charge in [0.15, 0.2) is 0 Å². The van der Waals surface area contributed by atoms with Crippen molar-refractivity contribution in [2.75, 3.05) is 0 Å². The average Bonchev–Trinajstić information content (AvgIpc) is 2.46. The van der Waals surface area contributed by atoms with E-state index in [0.29, 0.717) is 6.42 Å². The molecule has 0 aromatic heterocycles. The number of aliphatic hydroxyl groups is 1. The molecule has 0 saturated carbocycles. The Hall–Kier alpha value is -1.75. The van der Waals surface area contributed by atoms with Crippen LogP contribution >= 0.6 is 11.6 Å². The smallest absolute Gasteiger partial charge is 0.122 e. The van der Waals surface area contributed by atoms with Crippen LogP contribution in [0.4, 0.5) is 0 Å². The molecule has 0 bridgehead atoms. The van der Waals surface area contributed by atoms with Gasteiger partial charge in [-0.3, -0.25) is 0 Å². The van der Waals surface area contributed by atoms with E-state index < -0.39 is 5.60 Å². The topological polar surface area (TPSA) is 20.2 Å². The van der Waals surface area contributed by atoms with Crippen molar-refractivity contribution in [2.45, 2.75) is 25.9 Å². The quantitative estimate of drug-likeness (QED) is 0.804. The molecule has 0 saturated heterocycles. The first-order valence-electron chi connectivity index (χ1n) is 6.62. The Morgan fingerprint density at radius 1 is 1.10 bits per heavy atom. The SMILES string of the molecule is CCC(C)(O)C#Cc1ccc(-c2cccc(Cl)c2)cc1. The summed E-state index contributed by atoms with van der Waals surface area (Å²) < 4.78 is 0. The van der Waals surface area contributed by atoms with Crippen LogP contribution in [0, 0.1) is 11.8 Å². The molecule has 0 heterocycles. The van der Waals surface area contributed by atoms with Crippen molar-refractivity contribution >= 4 is 11.6 Å². The molecule has 2 rings (SSSR count). The molecule has 1 nitrogen and oxygen atoms in total. The first kappa shape index (κ1) is 14.7. The third-order valence-electron chi connectivity index (χ3n) is 3.21. The van der Waals surface area contributed by atoms with Gasteiger partial charge in [0.05, 0.1) is 0 Å². The van der Waals surface area contributed by atoms with E-state index in [1.807, 2.05) is 55.5 Å². The highest BCUT2D eigenvalue weighted by Crippen LogP contribution is 2.22. The molecular weight excluding hydrogens is 268 g/mol. The molecule has 0 amide bonds. The van der Waals surface area contributed by atoms with E-state index in [1.165, 1.54) is 0 Å². The molecule has 0 aliphatic rings. The first-order chi connectivity index (χ1) is 9.50. The molecule has 0 radical (unpaired) electrons. The normalized spacial score (nSPS) is 13.2. The number of halogens is 1.